The fourth-order valence-electron chi connectivity index (χ4n) is 2.22. The summed E-state index contributed by atoms with van der Waals surface area (Å²) in [5.41, 5.74) is -0.142. The predicted octanol–water partition coefficient (Wildman–Crippen LogP) is 4.45. The van der Waals surface area contributed by atoms with Gasteiger partial charge in [-0.25, -0.2) is 8.78 Å². The lowest BCUT2D eigenvalue weighted by atomic mass is 9.78. The molecule has 0 heterocycles. The van der Waals surface area contributed by atoms with Crippen LogP contribution < -0.4 is 10.1 Å². The third-order valence-corrected chi connectivity index (χ3v) is 3.87. The Morgan fingerprint density at radius 2 is 1.75 bits per heavy atom. The van der Waals surface area contributed by atoms with Gasteiger partial charge in [-0.2, -0.15) is 0 Å². The predicted molar refractivity (Wildman–Crippen MR) is 78.0 cm³/mol. The molecule has 1 aromatic carbocycles. The second-order valence-electron chi connectivity index (χ2n) is 5.73. The number of hydrogen-bond acceptors (Lipinski definition) is 2. The lowest BCUT2D eigenvalue weighted by Gasteiger charge is -2.35. The fraction of sp³-hybridized carbons (Fsp3) is 0.625. The Morgan fingerprint density at radius 3 is 2.15 bits per heavy atom. The van der Waals surface area contributed by atoms with Crippen molar-refractivity contribution in [3.05, 3.63) is 29.3 Å². The monoisotopic (exact) mass is 285 g/mol. The van der Waals surface area contributed by atoms with E-state index in [9.17, 15) is 8.78 Å². The second kappa shape index (κ2) is 7.02. The number of benzene rings is 1. The molecule has 20 heavy (non-hydrogen) atoms. The summed E-state index contributed by atoms with van der Waals surface area (Å²) >= 11 is 0. The van der Waals surface area contributed by atoms with Gasteiger partial charge in [0, 0.05) is 23.7 Å². The zero-order valence-corrected chi connectivity index (χ0v) is 13.0. The first-order chi connectivity index (χ1) is 9.37. The van der Waals surface area contributed by atoms with Crippen LogP contribution in [0.4, 0.5) is 8.78 Å². The Bertz CT molecular complexity index is 423. The normalized spacial score (nSPS) is 13.3. The maximum atomic E-state index is 14.3. The maximum absolute atomic E-state index is 14.3. The molecule has 0 aliphatic heterocycles. The molecule has 1 unspecified atom stereocenters. The standard InChI is InChI=1S/C16H25F2NO/c1-6-8-19-15(16(3,4)7-2)14-12(17)9-11(20-5)10-13(14)18/h9-10,15,19H,6-8H2,1-5H3. The Kier molecular flexibility index (Phi) is 5.93. The van der Waals surface area contributed by atoms with Crippen LogP contribution in [0.2, 0.25) is 0 Å². The molecule has 2 nitrogen and oxygen atoms in total. The van der Waals surface area contributed by atoms with Crippen LogP contribution in [0.5, 0.6) is 5.75 Å². The van der Waals surface area contributed by atoms with E-state index in [-0.39, 0.29) is 22.8 Å². The van der Waals surface area contributed by atoms with Gasteiger partial charge in [-0.05, 0) is 24.8 Å². The van der Waals surface area contributed by atoms with E-state index >= 15 is 0 Å². The van der Waals surface area contributed by atoms with E-state index in [0.29, 0.717) is 0 Å². The highest BCUT2D eigenvalue weighted by Crippen LogP contribution is 2.39. The first-order valence-corrected chi connectivity index (χ1v) is 7.13. The van der Waals surface area contributed by atoms with Crippen LogP contribution in [0.3, 0.4) is 0 Å². The van der Waals surface area contributed by atoms with E-state index in [1.54, 1.807) is 0 Å². The summed E-state index contributed by atoms with van der Waals surface area (Å²) in [5.74, 6) is -0.916. The van der Waals surface area contributed by atoms with Crippen LogP contribution >= 0.6 is 0 Å². The van der Waals surface area contributed by atoms with Gasteiger partial charge in [-0.3, -0.25) is 0 Å². The summed E-state index contributed by atoms with van der Waals surface area (Å²) in [4.78, 5) is 0. The van der Waals surface area contributed by atoms with Crippen molar-refractivity contribution in [1.82, 2.24) is 5.32 Å². The summed E-state index contributed by atoms with van der Waals surface area (Å²) in [6, 6.07) is 2.12. The molecule has 0 saturated heterocycles. The third-order valence-electron chi connectivity index (χ3n) is 3.87. The minimum absolute atomic E-state index is 0.103. The average molecular weight is 285 g/mol. The first-order valence-electron chi connectivity index (χ1n) is 7.13. The van der Waals surface area contributed by atoms with E-state index in [1.165, 1.54) is 19.2 Å². The molecular formula is C16H25F2NO. The lowest BCUT2D eigenvalue weighted by Crippen LogP contribution is -2.35. The highest BCUT2D eigenvalue weighted by Gasteiger charge is 2.33. The van der Waals surface area contributed by atoms with E-state index in [0.717, 1.165) is 19.4 Å². The van der Waals surface area contributed by atoms with Crippen LogP contribution in [0.25, 0.3) is 0 Å². The summed E-state index contributed by atoms with van der Waals surface area (Å²) in [6.45, 7) is 8.82. The van der Waals surface area contributed by atoms with Crippen LogP contribution in [-0.4, -0.2) is 13.7 Å². The van der Waals surface area contributed by atoms with Gasteiger partial charge < -0.3 is 10.1 Å². The number of hydrogen-bond donors (Lipinski definition) is 1. The minimum atomic E-state index is -0.558. The van der Waals surface area contributed by atoms with Crippen LogP contribution in [0, 0.1) is 17.0 Å². The van der Waals surface area contributed by atoms with Gasteiger partial charge in [-0.1, -0.05) is 27.7 Å². The van der Waals surface area contributed by atoms with Gasteiger partial charge in [0.15, 0.2) is 0 Å². The topological polar surface area (TPSA) is 21.3 Å². The Hall–Kier alpha value is -1.16. The van der Waals surface area contributed by atoms with Crippen molar-refractivity contribution in [2.45, 2.75) is 46.6 Å². The number of rotatable bonds is 7. The lowest BCUT2D eigenvalue weighted by molar-refractivity contribution is 0.223. The molecule has 1 aromatic rings. The van der Waals surface area contributed by atoms with Crippen molar-refractivity contribution in [3.8, 4) is 5.75 Å². The van der Waals surface area contributed by atoms with Gasteiger partial charge in [0.25, 0.3) is 0 Å². The van der Waals surface area contributed by atoms with E-state index in [2.05, 4.69) is 5.32 Å². The molecule has 1 N–H and O–H groups in total. The summed E-state index contributed by atoms with van der Waals surface area (Å²) in [5, 5.41) is 3.28. The van der Waals surface area contributed by atoms with E-state index in [1.807, 2.05) is 27.7 Å². The van der Waals surface area contributed by atoms with Gasteiger partial charge in [0.1, 0.15) is 17.4 Å². The number of ether oxygens (including phenoxy) is 1. The molecule has 1 atom stereocenters. The molecule has 0 bridgehead atoms. The van der Waals surface area contributed by atoms with Crippen LogP contribution in [0.1, 0.15) is 52.1 Å². The maximum Gasteiger partial charge on any atom is 0.134 e. The van der Waals surface area contributed by atoms with Crippen molar-refractivity contribution in [3.63, 3.8) is 0 Å². The number of methoxy groups -OCH3 is 1. The number of nitrogens with one attached hydrogen (secondary N) is 1. The van der Waals surface area contributed by atoms with Gasteiger partial charge in [0.2, 0.25) is 0 Å². The summed E-state index contributed by atoms with van der Waals surface area (Å²) in [6.07, 6.45) is 1.73. The molecule has 0 aromatic heterocycles. The number of halogens is 2. The molecule has 0 fully saturated rings. The van der Waals surface area contributed by atoms with Crippen molar-refractivity contribution >= 4 is 0 Å². The summed E-state index contributed by atoms with van der Waals surface area (Å²) < 4.78 is 33.5. The minimum Gasteiger partial charge on any atom is -0.497 e. The Labute approximate surface area is 120 Å². The third kappa shape index (κ3) is 3.69. The van der Waals surface area contributed by atoms with Crippen molar-refractivity contribution < 1.29 is 13.5 Å². The van der Waals surface area contributed by atoms with Crippen LogP contribution in [0.15, 0.2) is 12.1 Å². The van der Waals surface area contributed by atoms with E-state index in [4.69, 9.17) is 4.74 Å². The summed E-state index contributed by atoms with van der Waals surface area (Å²) in [7, 11) is 1.40. The molecule has 114 valence electrons. The molecular weight excluding hydrogens is 260 g/mol. The molecule has 0 saturated carbocycles. The second-order valence-corrected chi connectivity index (χ2v) is 5.73. The SMILES string of the molecule is CCCNC(c1c(F)cc(OC)cc1F)C(C)(C)CC. The van der Waals surface area contributed by atoms with Crippen molar-refractivity contribution in [2.24, 2.45) is 5.41 Å². The zero-order chi connectivity index (χ0) is 15.3. The van der Waals surface area contributed by atoms with Gasteiger partial charge in [0.05, 0.1) is 7.11 Å². The highest BCUT2D eigenvalue weighted by molar-refractivity contribution is 5.33. The van der Waals surface area contributed by atoms with Gasteiger partial charge in [-0.15, -0.1) is 0 Å². The molecule has 0 aliphatic carbocycles. The van der Waals surface area contributed by atoms with E-state index < -0.39 is 11.6 Å². The largest absolute Gasteiger partial charge is 0.497 e. The molecule has 0 aliphatic rings. The first kappa shape index (κ1) is 16.9. The molecule has 0 spiro atoms. The quantitative estimate of drug-likeness (QED) is 0.799. The highest BCUT2D eigenvalue weighted by atomic mass is 19.1. The zero-order valence-electron chi connectivity index (χ0n) is 13.0. The van der Waals surface area contributed by atoms with Crippen molar-refractivity contribution in [1.29, 1.82) is 0 Å². The Balaban J connectivity index is 3.26. The van der Waals surface area contributed by atoms with Crippen LogP contribution in [-0.2, 0) is 0 Å². The molecule has 0 amide bonds. The smallest absolute Gasteiger partial charge is 0.134 e. The average Bonchev–Trinajstić information content (AvgIpc) is 2.41. The molecule has 1 rings (SSSR count). The van der Waals surface area contributed by atoms with Crippen molar-refractivity contribution in [2.75, 3.05) is 13.7 Å². The molecule has 0 radical (unpaired) electrons. The molecule has 4 heteroatoms. The van der Waals surface area contributed by atoms with Gasteiger partial charge >= 0.3 is 0 Å². The Morgan fingerprint density at radius 1 is 1.20 bits per heavy atom. The fourth-order valence-corrected chi connectivity index (χ4v) is 2.22.